The highest BCUT2D eigenvalue weighted by Crippen LogP contribution is 2.28. The number of piperazine rings is 1. The van der Waals surface area contributed by atoms with E-state index in [1.54, 1.807) is 12.4 Å². The summed E-state index contributed by atoms with van der Waals surface area (Å²) in [6.07, 6.45) is 5.12. The summed E-state index contributed by atoms with van der Waals surface area (Å²) >= 11 is 0. The van der Waals surface area contributed by atoms with Gasteiger partial charge in [0.2, 0.25) is 5.91 Å². The molecule has 1 unspecified atom stereocenters. The maximum atomic E-state index is 11.6. The number of rotatable bonds is 1. The van der Waals surface area contributed by atoms with Gasteiger partial charge in [-0.2, -0.15) is 0 Å². The van der Waals surface area contributed by atoms with Crippen LogP contribution in [-0.2, 0) is 4.79 Å². The Morgan fingerprint density at radius 1 is 1.41 bits per heavy atom. The standard InChI is InChI=1S/C12H16N4O/c13-10-7-14-4-3-11(10)15-5-6-16-9(8-15)1-2-12(16)17/h3-4,7,9H,1-2,5-6,8,13H2. The molecular weight excluding hydrogens is 216 g/mol. The van der Waals surface area contributed by atoms with Crippen LogP contribution in [0.3, 0.4) is 0 Å². The van der Waals surface area contributed by atoms with Crippen molar-refractivity contribution in [3.8, 4) is 0 Å². The monoisotopic (exact) mass is 232 g/mol. The maximum absolute atomic E-state index is 11.6. The average Bonchev–Trinajstić information content (AvgIpc) is 2.71. The van der Waals surface area contributed by atoms with E-state index in [0.29, 0.717) is 24.1 Å². The van der Waals surface area contributed by atoms with Crippen LogP contribution in [0.1, 0.15) is 12.8 Å². The second-order valence-corrected chi connectivity index (χ2v) is 4.66. The lowest BCUT2D eigenvalue weighted by Gasteiger charge is -2.39. The van der Waals surface area contributed by atoms with Crippen molar-refractivity contribution in [2.24, 2.45) is 0 Å². The molecule has 0 aromatic carbocycles. The van der Waals surface area contributed by atoms with Crippen LogP contribution >= 0.6 is 0 Å². The summed E-state index contributed by atoms with van der Waals surface area (Å²) in [6, 6.07) is 2.31. The third-order valence-electron chi connectivity index (χ3n) is 3.66. The van der Waals surface area contributed by atoms with Crippen LogP contribution in [0.25, 0.3) is 0 Å². The van der Waals surface area contributed by atoms with Gasteiger partial charge in [-0.25, -0.2) is 0 Å². The Labute approximate surface area is 100 Å². The van der Waals surface area contributed by atoms with E-state index >= 15 is 0 Å². The number of fused-ring (bicyclic) bond motifs is 1. The largest absolute Gasteiger partial charge is 0.396 e. The lowest BCUT2D eigenvalue weighted by Crippen LogP contribution is -2.51. The first-order chi connectivity index (χ1) is 8.25. The Bertz CT molecular complexity index is 448. The zero-order chi connectivity index (χ0) is 11.8. The Morgan fingerprint density at radius 3 is 3.12 bits per heavy atom. The van der Waals surface area contributed by atoms with E-state index < -0.39 is 0 Å². The smallest absolute Gasteiger partial charge is 0.223 e. The number of hydrogen-bond acceptors (Lipinski definition) is 4. The van der Waals surface area contributed by atoms with Gasteiger partial charge in [0.1, 0.15) is 0 Å². The highest BCUT2D eigenvalue weighted by Gasteiger charge is 2.35. The molecule has 0 spiro atoms. The van der Waals surface area contributed by atoms with Crippen molar-refractivity contribution in [1.29, 1.82) is 0 Å². The molecule has 1 amide bonds. The number of aromatic nitrogens is 1. The first-order valence-electron chi connectivity index (χ1n) is 5.99. The summed E-state index contributed by atoms with van der Waals surface area (Å²) in [5.74, 6) is 0.303. The fraction of sp³-hybridized carbons (Fsp3) is 0.500. The van der Waals surface area contributed by atoms with Gasteiger partial charge in [0.05, 0.1) is 17.6 Å². The molecule has 3 heterocycles. The lowest BCUT2D eigenvalue weighted by atomic mass is 10.1. The van der Waals surface area contributed by atoms with Gasteiger partial charge >= 0.3 is 0 Å². The van der Waals surface area contributed by atoms with Crippen molar-refractivity contribution in [2.45, 2.75) is 18.9 Å². The Kier molecular flexibility index (Phi) is 2.39. The van der Waals surface area contributed by atoms with Crippen LogP contribution < -0.4 is 10.6 Å². The van der Waals surface area contributed by atoms with Crippen LogP contribution in [-0.4, -0.2) is 41.5 Å². The van der Waals surface area contributed by atoms with E-state index in [0.717, 1.165) is 31.7 Å². The molecule has 5 nitrogen and oxygen atoms in total. The van der Waals surface area contributed by atoms with Crippen molar-refractivity contribution < 1.29 is 4.79 Å². The van der Waals surface area contributed by atoms with Crippen LogP contribution in [0.4, 0.5) is 11.4 Å². The quantitative estimate of drug-likeness (QED) is 0.764. The number of pyridine rings is 1. The Hall–Kier alpha value is -1.78. The average molecular weight is 232 g/mol. The molecule has 2 aliphatic heterocycles. The molecule has 90 valence electrons. The van der Waals surface area contributed by atoms with Gasteiger partial charge in [0.25, 0.3) is 0 Å². The number of nitrogens with zero attached hydrogens (tertiary/aromatic N) is 3. The predicted octanol–water partition coefficient (Wildman–Crippen LogP) is 0.475. The van der Waals surface area contributed by atoms with E-state index in [1.165, 1.54) is 0 Å². The highest BCUT2D eigenvalue weighted by molar-refractivity contribution is 5.79. The molecule has 0 bridgehead atoms. The minimum atomic E-state index is 0.303. The normalized spacial score (nSPS) is 24.0. The van der Waals surface area contributed by atoms with E-state index in [4.69, 9.17) is 5.73 Å². The molecule has 2 saturated heterocycles. The maximum Gasteiger partial charge on any atom is 0.223 e. The molecule has 0 radical (unpaired) electrons. The van der Waals surface area contributed by atoms with Gasteiger partial charge in [0.15, 0.2) is 0 Å². The highest BCUT2D eigenvalue weighted by atomic mass is 16.2. The molecule has 3 rings (SSSR count). The minimum absolute atomic E-state index is 0.303. The van der Waals surface area contributed by atoms with Gasteiger partial charge in [-0.3, -0.25) is 9.78 Å². The van der Waals surface area contributed by atoms with E-state index in [1.807, 2.05) is 11.0 Å². The van der Waals surface area contributed by atoms with Crippen LogP contribution in [0, 0.1) is 0 Å². The van der Waals surface area contributed by atoms with Gasteiger partial charge < -0.3 is 15.5 Å². The molecule has 1 aromatic rings. The van der Waals surface area contributed by atoms with Crippen LogP contribution in [0.2, 0.25) is 0 Å². The fourth-order valence-corrected chi connectivity index (χ4v) is 2.77. The summed E-state index contributed by atoms with van der Waals surface area (Å²) < 4.78 is 0. The summed E-state index contributed by atoms with van der Waals surface area (Å²) in [5.41, 5.74) is 7.69. The molecular formula is C12H16N4O. The Balaban J connectivity index is 1.80. The lowest BCUT2D eigenvalue weighted by molar-refractivity contribution is -0.129. The summed E-state index contributed by atoms with van der Waals surface area (Å²) in [6.45, 7) is 2.56. The topological polar surface area (TPSA) is 62.5 Å². The number of nitrogens with two attached hydrogens (primary N) is 1. The number of anilines is 2. The number of nitrogen functional groups attached to an aromatic ring is 1. The third kappa shape index (κ3) is 1.71. The van der Waals surface area contributed by atoms with Crippen molar-refractivity contribution in [3.63, 3.8) is 0 Å². The SMILES string of the molecule is Nc1cnccc1N1CCN2C(=O)CCC2C1. The molecule has 1 aromatic heterocycles. The number of carbonyl (C=O) groups excluding carboxylic acids is 1. The van der Waals surface area contributed by atoms with Gasteiger partial charge in [-0.1, -0.05) is 0 Å². The van der Waals surface area contributed by atoms with Gasteiger partial charge in [-0.15, -0.1) is 0 Å². The van der Waals surface area contributed by atoms with E-state index in [-0.39, 0.29) is 0 Å². The summed E-state index contributed by atoms with van der Waals surface area (Å²) in [5, 5.41) is 0. The molecule has 1 atom stereocenters. The molecule has 2 N–H and O–H groups in total. The summed E-state index contributed by atoms with van der Waals surface area (Å²) in [4.78, 5) is 19.9. The molecule has 17 heavy (non-hydrogen) atoms. The minimum Gasteiger partial charge on any atom is -0.396 e. The molecule has 2 aliphatic rings. The number of carbonyl (C=O) groups is 1. The predicted molar refractivity (Wildman–Crippen MR) is 65.6 cm³/mol. The number of hydrogen-bond donors (Lipinski definition) is 1. The van der Waals surface area contributed by atoms with Crippen molar-refractivity contribution in [2.75, 3.05) is 30.3 Å². The van der Waals surface area contributed by atoms with E-state index in [2.05, 4.69) is 9.88 Å². The molecule has 0 saturated carbocycles. The molecule has 2 fully saturated rings. The first kappa shape index (κ1) is 10.4. The third-order valence-corrected chi connectivity index (χ3v) is 3.66. The van der Waals surface area contributed by atoms with Gasteiger partial charge in [0, 0.05) is 38.3 Å². The van der Waals surface area contributed by atoms with Crippen molar-refractivity contribution in [1.82, 2.24) is 9.88 Å². The molecule has 5 heteroatoms. The second kappa shape index (κ2) is 3.91. The molecule has 0 aliphatic carbocycles. The Morgan fingerprint density at radius 2 is 2.29 bits per heavy atom. The van der Waals surface area contributed by atoms with Crippen LogP contribution in [0.15, 0.2) is 18.5 Å². The van der Waals surface area contributed by atoms with Gasteiger partial charge in [-0.05, 0) is 12.5 Å². The second-order valence-electron chi connectivity index (χ2n) is 4.66. The zero-order valence-electron chi connectivity index (χ0n) is 9.67. The zero-order valence-corrected chi connectivity index (χ0v) is 9.67. The van der Waals surface area contributed by atoms with Crippen LogP contribution in [0.5, 0.6) is 0 Å². The fourth-order valence-electron chi connectivity index (χ4n) is 2.77. The first-order valence-corrected chi connectivity index (χ1v) is 5.99. The summed E-state index contributed by atoms with van der Waals surface area (Å²) in [7, 11) is 0. The van der Waals surface area contributed by atoms with Crippen molar-refractivity contribution in [3.05, 3.63) is 18.5 Å². The number of amides is 1. The van der Waals surface area contributed by atoms with Crippen molar-refractivity contribution >= 4 is 17.3 Å². The van der Waals surface area contributed by atoms with E-state index in [9.17, 15) is 4.79 Å².